The number of likely N-dealkylation sites (tertiary alicyclic amines) is 1. The van der Waals surface area contributed by atoms with Crippen molar-refractivity contribution in [2.45, 2.75) is 56.9 Å². The molecular formula is C24H33N3O3S. The van der Waals surface area contributed by atoms with E-state index in [2.05, 4.69) is 28.9 Å². The van der Waals surface area contributed by atoms with Gasteiger partial charge in [0.25, 0.3) is 15.9 Å². The van der Waals surface area contributed by atoms with E-state index in [-0.39, 0.29) is 16.8 Å². The maximum absolute atomic E-state index is 12.9. The van der Waals surface area contributed by atoms with Crippen LogP contribution in [0.5, 0.6) is 0 Å². The summed E-state index contributed by atoms with van der Waals surface area (Å²) in [5.41, 5.74) is 2.85. The molecule has 2 aromatic rings. The van der Waals surface area contributed by atoms with Crippen LogP contribution in [0.25, 0.3) is 0 Å². The Kier molecular flexibility index (Phi) is 7.73. The zero-order chi connectivity index (χ0) is 22.4. The fourth-order valence-corrected chi connectivity index (χ4v) is 4.85. The molecule has 0 radical (unpaired) electrons. The number of aryl methyl sites for hydroxylation is 2. The third kappa shape index (κ3) is 6.31. The Balaban J connectivity index is 1.72. The number of hydrogen-bond acceptors (Lipinski definition) is 4. The van der Waals surface area contributed by atoms with Gasteiger partial charge in [0.2, 0.25) is 0 Å². The van der Waals surface area contributed by atoms with Crippen molar-refractivity contribution in [3.8, 4) is 0 Å². The molecule has 6 nitrogen and oxygen atoms in total. The second-order valence-corrected chi connectivity index (χ2v) is 10.1. The van der Waals surface area contributed by atoms with Crippen LogP contribution < -0.4 is 10.0 Å². The van der Waals surface area contributed by atoms with Crippen LogP contribution >= 0.6 is 0 Å². The lowest BCUT2D eigenvalue weighted by atomic mass is 10.0. The van der Waals surface area contributed by atoms with Crippen molar-refractivity contribution in [3.05, 3.63) is 59.2 Å². The fourth-order valence-electron chi connectivity index (χ4n) is 3.76. The van der Waals surface area contributed by atoms with Gasteiger partial charge in [-0.2, -0.15) is 0 Å². The van der Waals surface area contributed by atoms with E-state index >= 15 is 0 Å². The molecule has 7 heteroatoms. The maximum atomic E-state index is 12.9. The molecular weight excluding hydrogens is 410 g/mol. The summed E-state index contributed by atoms with van der Waals surface area (Å²) < 4.78 is 28.5. The Morgan fingerprint density at radius 1 is 1.10 bits per heavy atom. The zero-order valence-corrected chi connectivity index (χ0v) is 19.5. The number of benzene rings is 2. The van der Waals surface area contributed by atoms with Gasteiger partial charge < -0.3 is 10.2 Å². The lowest BCUT2D eigenvalue weighted by molar-refractivity contribution is 0.0916. The molecule has 0 spiro atoms. The van der Waals surface area contributed by atoms with Crippen LogP contribution in [0.15, 0.2) is 47.4 Å². The zero-order valence-electron chi connectivity index (χ0n) is 18.6. The largest absolute Gasteiger partial charge is 0.349 e. The van der Waals surface area contributed by atoms with Crippen LogP contribution in [-0.2, 0) is 16.4 Å². The highest BCUT2D eigenvalue weighted by molar-refractivity contribution is 7.92. The first-order chi connectivity index (χ1) is 14.8. The molecule has 0 aliphatic carbocycles. The van der Waals surface area contributed by atoms with Gasteiger partial charge in [0.1, 0.15) is 0 Å². The Bertz CT molecular complexity index is 995. The van der Waals surface area contributed by atoms with E-state index in [4.69, 9.17) is 0 Å². The molecule has 2 aromatic carbocycles. The summed E-state index contributed by atoms with van der Waals surface area (Å²) in [7, 11) is -1.72. The Morgan fingerprint density at radius 2 is 1.77 bits per heavy atom. The molecule has 31 heavy (non-hydrogen) atoms. The number of nitrogens with one attached hydrogen (secondary N) is 2. The molecule has 1 aliphatic rings. The van der Waals surface area contributed by atoms with Crippen LogP contribution in [0.4, 0.5) is 5.69 Å². The normalized spacial score (nSPS) is 15.6. The van der Waals surface area contributed by atoms with E-state index in [1.165, 1.54) is 11.6 Å². The predicted molar refractivity (Wildman–Crippen MR) is 125 cm³/mol. The summed E-state index contributed by atoms with van der Waals surface area (Å²) in [6, 6.07) is 12.3. The standard InChI is InChI=1S/C24H33N3O3S/c1-4-5-6-19-8-10-21(11-9-19)26-31(29,30)22-12-7-18(2)23(17-22)24(28)25-20-13-15-27(3)16-14-20/h7-12,17,20,26H,4-6,13-16H2,1-3H3,(H,25,28). The molecule has 0 aromatic heterocycles. The molecule has 1 aliphatic heterocycles. The van der Waals surface area contributed by atoms with Gasteiger partial charge in [-0.25, -0.2) is 8.42 Å². The first-order valence-corrected chi connectivity index (χ1v) is 12.5. The van der Waals surface area contributed by atoms with E-state index in [0.717, 1.165) is 50.8 Å². The summed E-state index contributed by atoms with van der Waals surface area (Å²) >= 11 is 0. The Morgan fingerprint density at radius 3 is 2.42 bits per heavy atom. The average molecular weight is 444 g/mol. The second-order valence-electron chi connectivity index (χ2n) is 8.43. The number of unbranched alkanes of at least 4 members (excludes halogenated alkanes) is 1. The van der Waals surface area contributed by atoms with Gasteiger partial charge in [-0.05, 0) is 88.1 Å². The number of piperidine rings is 1. The monoisotopic (exact) mass is 443 g/mol. The number of carbonyl (C=O) groups excluding carboxylic acids is 1. The molecule has 0 bridgehead atoms. The number of amides is 1. The summed E-state index contributed by atoms with van der Waals surface area (Å²) in [6.45, 7) is 5.85. The lowest BCUT2D eigenvalue weighted by Crippen LogP contribution is -2.43. The summed E-state index contributed by atoms with van der Waals surface area (Å²) in [4.78, 5) is 15.2. The van der Waals surface area contributed by atoms with Gasteiger partial charge >= 0.3 is 0 Å². The van der Waals surface area contributed by atoms with E-state index < -0.39 is 10.0 Å². The summed E-state index contributed by atoms with van der Waals surface area (Å²) in [6.07, 6.45) is 5.01. The first-order valence-electron chi connectivity index (χ1n) is 11.0. The van der Waals surface area contributed by atoms with Crippen LogP contribution in [0, 0.1) is 6.92 Å². The molecule has 168 valence electrons. The minimum Gasteiger partial charge on any atom is -0.349 e. The molecule has 1 heterocycles. The summed E-state index contributed by atoms with van der Waals surface area (Å²) in [5, 5.41) is 3.07. The molecule has 2 N–H and O–H groups in total. The van der Waals surface area contributed by atoms with Crippen molar-refractivity contribution < 1.29 is 13.2 Å². The molecule has 1 saturated heterocycles. The van der Waals surface area contributed by atoms with Crippen molar-refractivity contribution in [2.75, 3.05) is 24.9 Å². The number of nitrogens with zero attached hydrogens (tertiary/aromatic N) is 1. The first kappa shape index (κ1) is 23.3. The van der Waals surface area contributed by atoms with Crippen LogP contribution in [0.3, 0.4) is 0 Å². The molecule has 0 unspecified atom stereocenters. The van der Waals surface area contributed by atoms with E-state index in [0.29, 0.717) is 11.3 Å². The minimum atomic E-state index is -3.79. The van der Waals surface area contributed by atoms with Gasteiger partial charge in [0.05, 0.1) is 4.90 Å². The van der Waals surface area contributed by atoms with Crippen LogP contribution in [0.2, 0.25) is 0 Å². The third-order valence-electron chi connectivity index (χ3n) is 5.84. The third-order valence-corrected chi connectivity index (χ3v) is 7.22. The minimum absolute atomic E-state index is 0.0849. The highest BCUT2D eigenvalue weighted by atomic mass is 32.2. The van der Waals surface area contributed by atoms with Gasteiger partial charge in [-0.1, -0.05) is 31.5 Å². The van der Waals surface area contributed by atoms with Gasteiger partial charge in [0, 0.05) is 17.3 Å². The predicted octanol–water partition coefficient (Wildman–Crippen LogP) is 3.96. The van der Waals surface area contributed by atoms with Crippen molar-refractivity contribution in [1.82, 2.24) is 10.2 Å². The fraction of sp³-hybridized carbons (Fsp3) is 0.458. The van der Waals surface area contributed by atoms with Gasteiger partial charge in [-0.15, -0.1) is 0 Å². The Hall–Kier alpha value is -2.38. The second kappa shape index (κ2) is 10.3. The van der Waals surface area contributed by atoms with Gasteiger partial charge in [0.15, 0.2) is 0 Å². The smallest absolute Gasteiger partial charge is 0.261 e. The molecule has 1 amide bonds. The number of anilines is 1. The van der Waals surface area contributed by atoms with Crippen molar-refractivity contribution in [1.29, 1.82) is 0 Å². The number of carbonyl (C=O) groups is 1. The number of sulfonamides is 1. The van der Waals surface area contributed by atoms with Crippen LogP contribution in [0.1, 0.15) is 54.1 Å². The van der Waals surface area contributed by atoms with Crippen molar-refractivity contribution >= 4 is 21.6 Å². The van der Waals surface area contributed by atoms with Crippen molar-refractivity contribution in [3.63, 3.8) is 0 Å². The molecule has 1 fully saturated rings. The van der Waals surface area contributed by atoms with E-state index in [9.17, 15) is 13.2 Å². The average Bonchev–Trinajstić information content (AvgIpc) is 2.74. The van der Waals surface area contributed by atoms with Gasteiger partial charge in [-0.3, -0.25) is 9.52 Å². The molecule has 0 saturated carbocycles. The highest BCUT2D eigenvalue weighted by Gasteiger charge is 2.22. The van der Waals surface area contributed by atoms with E-state index in [1.807, 2.05) is 19.1 Å². The molecule has 3 rings (SSSR count). The number of rotatable bonds is 8. The van der Waals surface area contributed by atoms with Crippen molar-refractivity contribution in [2.24, 2.45) is 0 Å². The van der Waals surface area contributed by atoms with Crippen LogP contribution in [-0.4, -0.2) is 45.4 Å². The summed E-state index contributed by atoms with van der Waals surface area (Å²) in [5.74, 6) is -0.218. The SMILES string of the molecule is CCCCc1ccc(NS(=O)(=O)c2ccc(C)c(C(=O)NC3CCN(C)CC3)c2)cc1. The maximum Gasteiger partial charge on any atom is 0.261 e. The van der Waals surface area contributed by atoms with E-state index in [1.54, 1.807) is 24.3 Å². The lowest BCUT2D eigenvalue weighted by Gasteiger charge is -2.29. The topological polar surface area (TPSA) is 78.5 Å². The Labute approximate surface area is 186 Å². The highest BCUT2D eigenvalue weighted by Crippen LogP contribution is 2.21. The number of hydrogen-bond donors (Lipinski definition) is 2. The molecule has 0 atom stereocenters. The quantitative estimate of drug-likeness (QED) is 0.647.